The first-order valence-corrected chi connectivity index (χ1v) is 6.39. The van der Waals surface area contributed by atoms with Gasteiger partial charge in [0.25, 0.3) is 0 Å². The third kappa shape index (κ3) is 4.23. The molecule has 0 aromatic heterocycles. The van der Waals surface area contributed by atoms with Crippen molar-refractivity contribution in [1.82, 2.24) is 0 Å². The minimum absolute atomic E-state index is 0.240. The molecule has 0 saturated heterocycles. The second-order valence-electron chi connectivity index (χ2n) is 4.64. The first-order chi connectivity index (χ1) is 9.27. The maximum absolute atomic E-state index is 11.6. The standard InChI is InChI=1S/C8H7NO2.C6H11F3/c9-7-5-3-1-2-4-6(5)8(10)11-7;1-3-4-5(2)6(7,8)9/h1-4,7H,9H2;5H,3-4H2,1-2H3. The van der Waals surface area contributed by atoms with Crippen molar-refractivity contribution in [2.24, 2.45) is 11.7 Å². The van der Waals surface area contributed by atoms with Crippen LogP contribution in [0.25, 0.3) is 0 Å². The molecule has 2 N–H and O–H groups in total. The molecule has 0 fully saturated rings. The normalized spacial score (nSPS) is 18.7. The summed E-state index contributed by atoms with van der Waals surface area (Å²) in [5, 5.41) is 0. The fourth-order valence-corrected chi connectivity index (χ4v) is 1.77. The number of hydrogen-bond donors (Lipinski definition) is 1. The first-order valence-electron chi connectivity index (χ1n) is 6.39. The highest BCUT2D eigenvalue weighted by atomic mass is 19.4. The van der Waals surface area contributed by atoms with Crippen molar-refractivity contribution in [3.05, 3.63) is 35.4 Å². The van der Waals surface area contributed by atoms with Crippen LogP contribution in [0.3, 0.4) is 0 Å². The number of nitrogens with two attached hydrogens (primary N) is 1. The summed E-state index contributed by atoms with van der Waals surface area (Å²) in [7, 11) is 0. The Balaban J connectivity index is 0.000000206. The molecule has 2 rings (SSSR count). The summed E-state index contributed by atoms with van der Waals surface area (Å²) in [6.45, 7) is 2.96. The Bertz CT molecular complexity index is 460. The highest BCUT2D eigenvalue weighted by Crippen LogP contribution is 2.28. The fraction of sp³-hybridized carbons (Fsp3) is 0.500. The van der Waals surface area contributed by atoms with E-state index in [1.54, 1.807) is 25.1 Å². The summed E-state index contributed by atoms with van der Waals surface area (Å²) in [5.74, 6) is -1.46. The van der Waals surface area contributed by atoms with Crippen molar-refractivity contribution in [2.75, 3.05) is 0 Å². The number of ether oxygens (including phenoxy) is 1. The molecule has 0 amide bonds. The Kier molecular flexibility index (Phi) is 5.56. The van der Waals surface area contributed by atoms with Crippen LogP contribution in [0.5, 0.6) is 0 Å². The predicted octanol–water partition coefficient (Wildman–Crippen LogP) is 3.80. The Hall–Kier alpha value is -1.56. The van der Waals surface area contributed by atoms with Gasteiger partial charge in [0.05, 0.1) is 11.5 Å². The van der Waals surface area contributed by atoms with E-state index in [9.17, 15) is 18.0 Å². The summed E-state index contributed by atoms with van der Waals surface area (Å²) in [6.07, 6.45) is -3.72. The molecule has 0 aliphatic carbocycles. The van der Waals surface area contributed by atoms with Crippen molar-refractivity contribution >= 4 is 5.97 Å². The van der Waals surface area contributed by atoms with Gasteiger partial charge >= 0.3 is 12.1 Å². The predicted molar refractivity (Wildman–Crippen MR) is 68.9 cm³/mol. The van der Waals surface area contributed by atoms with Crippen molar-refractivity contribution in [2.45, 2.75) is 39.1 Å². The quantitative estimate of drug-likeness (QED) is 0.842. The van der Waals surface area contributed by atoms with Crippen LogP contribution in [0.4, 0.5) is 13.2 Å². The van der Waals surface area contributed by atoms with E-state index in [1.165, 1.54) is 6.92 Å². The molecular weight excluding hydrogens is 271 g/mol. The van der Waals surface area contributed by atoms with Gasteiger partial charge in [0.15, 0.2) is 6.23 Å². The molecule has 1 aliphatic heterocycles. The molecule has 1 aromatic carbocycles. The fourth-order valence-electron chi connectivity index (χ4n) is 1.77. The minimum atomic E-state index is -3.99. The average molecular weight is 289 g/mol. The number of halogens is 3. The topological polar surface area (TPSA) is 52.3 Å². The summed E-state index contributed by atoms with van der Waals surface area (Å²) < 4.78 is 39.7. The van der Waals surface area contributed by atoms with Gasteiger partial charge in [-0.1, -0.05) is 38.5 Å². The van der Waals surface area contributed by atoms with E-state index < -0.39 is 18.3 Å². The largest absolute Gasteiger partial charge is 0.439 e. The van der Waals surface area contributed by atoms with E-state index in [-0.39, 0.29) is 12.4 Å². The van der Waals surface area contributed by atoms with Gasteiger partial charge < -0.3 is 4.74 Å². The Labute approximate surface area is 115 Å². The number of hydrogen-bond acceptors (Lipinski definition) is 3. The molecule has 2 unspecified atom stereocenters. The number of benzene rings is 1. The van der Waals surface area contributed by atoms with E-state index in [0.29, 0.717) is 12.0 Å². The van der Waals surface area contributed by atoms with E-state index in [2.05, 4.69) is 0 Å². The van der Waals surface area contributed by atoms with E-state index >= 15 is 0 Å². The number of carbonyl (C=O) groups is 1. The summed E-state index contributed by atoms with van der Waals surface area (Å²) in [6, 6.07) is 7.13. The molecule has 1 aliphatic rings. The molecule has 0 radical (unpaired) electrons. The molecule has 3 nitrogen and oxygen atoms in total. The van der Waals surface area contributed by atoms with Crippen LogP contribution in [0.1, 0.15) is 48.8 Å². The number of alkyl halides is 3. The zero-order valence-corrected chi connectivity index (χ0v) is 11.4. The van der Waals surface area contributed by atoms with Crippen LogP contribution in [-0.4, -0.2) is 12.1 Å². The van der Waals surface area contributed by atoms with Crippen LogP contribution in [0.15, 0.2) is 24.3 Å². The lowest BCUT2D eigenvalue weighted by Gasteiger charge is -2.13. The van der Waals surface area contributed by atoms with Crippen LogP contribution < -0.4 is 5.73 Å². The highest BCUT2D eigenvalue weighted by Gasteiger charge is 2.34. The molecule has 112 valence electrons. The second-order valence-corrected chi connectivity index (χ2v) is 4.64. The second kappa shape index (κ2) is 6.74. The van der Waals surface area contributed by atoms with Gasteiger partial charge in [0.2, 0.25) is 0 Å². The molecule has 20 heavy (non-hydrogen) atoms. The highest BCUT2D eigenvalue weighted by molar-refractivity contribution is 5.93. The first kappa shape index (κ1) is 16.5. The summed E-state index contributed by atoms with van der Waals surface area (Å²) in [5.41, 5.74) is 6.85. The Morgan fingerprint density at radius 3 is 2.40 bits per heavy atom. The number of esters is 1. The van der Waals surface area contributed by atoms with Gasteiger partial charge in [0.1, 0.15) is 0 Å². The van der Waals surface area contributed by atoms with Gasteiger partial charge in [-0.3, -0.25) is 5.73 Å². The number of fused-ring (bicyclic) bond motifs is 1. The van der Waals surface area contributed by atoms with Crippen molar-refractivity contribution in [3.8, 4) is 0 Å². The van der Waals surface area contributed by atoms with E-state index in [1.807, 2.05) is 6.07 Å². The number of carbonyl (C=O) groups excluding carboxylic acids is 1. The van der Waals surface area contributed by atoms with Crippen LogP contribution >= 0.6 is 0 Å². The van der Waals surface area contributed by atoms with Crippen LogP contribution in [-0.2, 0) is 4.74 Å². The molecule has 6 heteroatoms. The zero-order chi connectivity index (χ0) is 15.3. The molecular formula is C14H18F3NO2. The lowest BCUT2D eigenvalue weighted by molar-refractivity contribution is -0.171. The smallest absolute Gasteiger partial charge is 0.391 e. The van der Waals surface area contributed by atoms with Gasteiger partial charge in [-0.2, -0.15) is 13.2 Å². The molecule has 2 atom stereocenters. The van der Waals surface area contributed by atoms with Crippen molar-refractivity contribution < 1.29 is 22.7 Å². The lowest BCUT2D eigenvalue weighted by Crippen LogP contribution is -2.19. The maximum Gasteiger partial charge on any atom is 0.391 e. The van der Waals surface area contributed by atoms with Gasteiger partial charge in [0, 0.05) is 5.56 Å². The molecule has 1 aromatic rings. The summed E-state index contributed by atoms with van der Waals surface area (Å²) in [4.78, 5) is 11.0. The van der Waals surface area contributed by atoms with E-state index in [0.717, 1.165) is 5.56 Å². The monoisotopic (exact) mass is 289 g/mol. The van der Waals surface area contributed by atoms with Gasteiger partial charge in [-0.05, 0) is 12.5 Å². The number of rotatable bonds is 2. The van der Waals surface area contributed by atoms with Crippen molar-refractivity contribution in [3.63, 3.8) is 0 Å². The summed E-state index contributed by atoms with van der Waals surface area (Å²) >= 11 is 0. The van der Waals surface area contributed by atoms with E-state index in [4.69, 9.17) is 10.5 Å². The Morgan fingerprint density at radius 1 is 1.35 bits per heavy atom. The SMILES string of the molecule is CCCC(C)C(F)(F)F.NC1OC(=O)c2ccccc21. The average Bonchev–Trinajstić information content (AvgIpc) is 2.66. The molecule has 0 saturated carbocycles. The van der Waals surface area contributed by atoms with Gasteiger partial charge in [-0.15, -0.1) is 0 Å². The molecule has 0 spiro atoms. The minimum Gasteiger partial charge on any atom is -0.439 e. The third-order valence-corrected chi connectivity index (χ3v) is 3.00. The lowest BCUT2D eigenvalue weighted by atomic mass is 10.1. The number of cyclic esters (lactones) is 1. The van der Waals surface area contributed by atoms with Crippen molar-refractivity contribution in [1.29, 1.82) is 0 Å². The van der Waals surface area contributed by atoms with Gasteiger partial charge in [-0.25, -0.2) is 4.79 Å². The Morgan fingerprint density at radius 2 is 1.95 bits per heavy atom. The van der Waals surface area contributed by atoms with Crippen LogP contribution in [0.2, 0.25) is 0 Å². The molecule has 0 bridgehead atoms. The third-order valence-electron chi connectivity index (χ3n) is 3.00. The van der Waals surface area contributed by atoms with Crippen LogP contribution in [0, 0.1) is 5.92 Å². The zero-order valence-electron chi connectivity index (χ0n) is 11.4. The maximum atomic E-state index is 11.6. The molecule has 1 heterocycles.